The number of anilines is 1. The van der Waals surface area contributed by atoms with Gasteiger partial charge in [0.05, 0.1) is 10.5 Å². The highest BCUT2D eigenvalue weighted by molar-refractivity contribution is 7.89. The van der Waals surface area contributed by atoms with E-state index >= 15 is 0 Å². The van der Waals surface area contributed by atoms with Gasteiger partial charge in [0, 0.05) is 31.9 Å². The molecule has 1 fully saturated rings. The zero-order valence-electron chi connectivity index (χ0n) is 18.8. The Morgan fingerprint density at radius 2 is 1.55 bits per heavy atom. The molecule has 0 saturated carbocycles. The highest BCUT2D eigenvalue weighted by Gasteiger charge is 2.33. The molecule has 0 bridgehead atoms. The summed E-state index contributed by atoms with van der Waals surface area (Å²) in [5.41, 5.74) is 6.53. The minimum atomic E-state index is -3.58. The van der Waals surface area contributed by atoms with Crippen LogP contribution < -0.4 is 4.90 Å². The van der Waals surface area contributed by atoms with Gasteiger partial charge in [-0.3, -0.25) is 0 Å². The standard InChI is InChI=1S/C24H30N4O2S/c1-16-13-17(2)19(4)23(18(16)3)31(29,30)28-11-9-27(10-12-28)24-21(15-25)14-20-7-5-6-8-22(20)26-24/h13-14H,5-12H2,1-4H3. The van der Waals surface area contributed by atoms with E-state index in [1.807, 2.05) is 39.8 Å². The number of piperazine rings is 1. The number of nitrogens with zero attached hydrogens (tertiary/aromatic N) is 4. The number of nitriles is 1. The molecule has 4 rings (SSSR count). The van der Waals surface area contributed by atoms with Crippen LogP contribution in [0.5, 0.6) is 0 Å². The quantitative estimate of drug-likeness (QED) is 0.732. The fraction of sp³-hybridized carbons (Fsp3) is 0.500. The van der Waals surface area contributed by atoms with Gasteiger partial charge in [0.2, 0.25) is 10.0 Å². The lowest BCUT2D eigenvalue weighted by atomic mass is 9.95. The van der Waals surface area contributed by atoms with Gasteiger partial charge in [0.25, 0.3) is 0 Å². The molecule has 0 unspecified atom stereocenters. The summed E-state index contributed by atoms with van der Waals surface area (Å²) in [5.74, 6) is 0.707. The van der Waals surface area contributed by atoms with Crippen molar-refractivity contribution < 1.29 is 8.42 Å². The number of aromatic nitrogens is 1. The Hall–Kier alpha value is -2.43. The predicted molar refractivity (Wildman–Crippen MR) is 122 cm³/mol. The fourth-order valence-corrected chi connectivity index (χ4v) is 6.78. The summed E-state index contributed by atoms with van der Waals surface area (Å²) in [6.07, 6.45) is 4.21. The van der Waals surface area contributed by atoms with E-state index in [0.717, 1.165) is 53.6 Å². The molecule has 0 spiro atoms. The van der Waals surface area contributed by atoms with Crippen molar-refractivity contribution in [3.63, 3.8) is 0 Å². The minimum absolute atomic E-state index is 0.387. The van der Waals surface area contributed by atoms with Gasteiger partial charge in [-0.1, -0.05) is 6.07 Å². The highest BCUT2D eigenvalue weighted by Crippen LogP contribution is 2.31. The first-order valence-electron chi connectivity index (χ1n) is 11.0. The van der Waals surface area contributed by atoms with Crippen LogP contribution in [0.1, 0.15) is 51.9 Å². The zero-order valence-corrected chi connectivity index (χ0v) is 19.6. The third-order valence-corrected chi connectivity index (χ3v) is 9.01. The van der Waals surface area contributed by atoms with Crippen LogP contribution in [0.4, 0.5) is 5.82 Å². The van der Waals surface area contributed by atoms with Crippen molar-refractivity contribution in [2.45, 2.75) is 58.3 Å². The van der Waals surface area contributed by atoms with Crippen LogP contribution in [0.3, 0.4) is 0 Å². The fourth-order valence-electron chi connectivity index (χ4n) is 4.78. The summed E-state index contributed by atoms with van der Waals surface area (Å²) < 4.78 is 28.6. The number of fused-ring (bicyclic) bond motifs is 1. The molecular weight excluding hydrogens is 408 g/mol. The Morgan fingerprint density at radius 3 is 2.16 bits per heavy atom. The highest BCUT2D eigenvalue weighted by atomic mass is 32.2. The van der Waals surface area contributed by atoms with Crippen molar-refractivity contribution in [1.82, 2.24) is 9.29 Å². The van der Waals surface area contributed by atoms with E-state index < -0.39 is 10.0 Å². The van der Waals surface area contributed by atoms with Crippen LogP contribution in [0.15, 0.2) is 17.0 Å². The molecule has 1 aromatic heterocycles. The maximum Gasteiger partial charge on any atom is 0.243 e. The van der Waals surface area contributed by atoms with E-state index in [-0.39, 0.29) is 0 Å². The zero-order chi connectivity index (χ0) is 22.3. The molecule has 0 radical (unpaired) electrons. The van der Waals surface area contributed by atoms with Crippen LogP contribution in [-0.4, -0.2) is 43.9 Å². The second-order valence-corrected chi connectivity index (χ2v) is 10.6. The normalized spacial score (nSPS) is 17.3. The molecule has 1 saturated heterocycles. The van der Waals surface area contributed by atoms with E-state index in [1.54, 1.807) is 4.31 Å². The van der Waals surface area contributed by atoms with Gasteiger partial charge in [0.15, 0.2) is 0 Å². The molecular formula is C24H30N4O2S. The van der Waals surface area contributed by atoms with Gasteiger partial charge in [-0.2, -0.15) is 9.57 Å². The van der Waals surface area contributed by atoms with Gasteiger partial charge < -0.3 is 4.90 Å². The Labute approximate surface area is 185 Å². The number of aryl methyl sites for hydroxylation is 4. The van der Waals surface area contributed by atoms with Gasteiger partial charge in [-0.25, -0.2) is 13.4 Å². The first kappa shape index (κ1) is 21.8. The third kappa shape index (κ3) is 3.83. The van der Waals surface area contributed by atoms with Gasteiger partial charge in [-0.15, -0.1) is 0 Å². The van der Waals surface area contributed by atoms with Crippen molar-refractivity contribution in [1.29, 1.82) is 5.26 Å². The number of hydrogen-bond donors (Lipinski definition) is 0. The van der Waals surface area contributed by atoms with Crippen LogP contribution in [0.2, 0.25) is 0 Å². The Bertz CT molecular complexity index is 1150. The molecule has 0 N–H and O–H groups in total. The Kier molecular flexibility index (Phi) is 5.80. The summed E-state index contributed by atoms with van der Waals surface area (Å²) >= 11 is 0. The summed E-state index contributed by atoms with van der Waals surface area (Å²) in [4.78, 5) is 7.36. The van der Waals surface area contributed by atoms with Gasteiger partial charge in [-0.05, 0) is 87.3 Å². The SMILES string of the molecule is Cc1cc(C)c(C)c(S(=O)(=O)N2CCN(c3nc4c(cc3C#N)CCCC4)CC2)c1C. The second-order valence-electron chi connectivity index (χ2n) is 8.76. The average Bonchev–Trinajstić information content (AvgIpc) is 2.77. The monoisotopic (exact) mass is 438 g/mol. The van der Waals surface area contributed by atoms with E-state index in [2.05, 4.69) is 11.0 Å². The molecule has 1 aliphatic heterocycles. The molecule has 2 aromatic rings. The van der Waals surface area contributed by atoms with Crippen LogP contribution in [0.25, 0.3) is 0 Å². The number of pyridine rings is 1. The first-order chi connectivity index (χ1) is 14.7. The number of hydrogen-bond acceptors (Lipinski definition) is 5. The molecule has 164 valence electrons. The molecule has 0 atom stereocenters. The third-order valence-electron chi connectivity index (χ3n) is 6.83. The molecule has 7 heteroatoms. The van der Waals surface area contributed by atoms with Crippen molar-refractivity contribution in [2.24, 2.45) is 0 Å². The maximum atomic E-state index is 13.5. The van der Waals surface area contributed by atoms with Crippen molar-refractivity contribution >= 4 is 15.8 Å². The van der Waals surface area contributed by atoms with E-state index in [9.17, 15) is 13.7 Å². The van der Waals surface area contributed by atoms with Crippen LogP contribution in [-0.2, 0) is 22.9 Å². The molecule has 1 aliphatic carbocycles. The molecule has 6 nitrogen and oxygen atoms in total. The van der Waals surface area contributed by atoms with Crippen LogP contribution >= 0.6 is 0 Å². The lowest BCUT2D eigenvalue weighted by Gasteiger charge is -2.36. The Balaban J connectivity index is 1.59. The summed E-state index contributed by atoms with van der Waals surface area (Å²) in [5, 5.41) is 9.67. The molecule has 2 heterocycles. The van der Waals surface area contributed by atoms with Crippen LogP contribution in [0, 0.1) is 39.0 Å². The summed E-state index contributed by atoms with van der Waals surface area (Å²) in [7, 11) is -3.58. The molecule has 31 heavy (non-hydrogen) atoms. The molecule has 0 amide bonds. The smallest absolute Gasteiger partial charge is 0.243 e. The van der Waals surface area contributed by atoms with E-state index in [0.29, 0.717) is 42.5 Å². The maximum absolute atomic E-state index is 13.5. The number of rotatable bonds is 3. The summed E-state index contributed by atoms with van der Waals surface area (Å²) in [6, 6.07) is 6.34. The Morgan fingerprint density at radius 1 is 0.935 bits per heavy atom. The predicted octanol–water partition coefficient (Wildman–Crippen LogP) is 3.58. The minimum Gasteiger partial charge on any atom is -0.353 e. The lowest BCUT2D eigenvalue weighted by molar-refractivity contribution is 0.383. The molecule has 1 aromatic carbocycles. The lowest BCUT2D eigenvalue weighted by Crippen LogP contribution is -2.49. The molecule has 2 aliphatic rings. The second kappa shape index (κ2) is 8.25. The largest absolute Gasteiger partial charge is 0.353 e. The summed E-state index contributed by atoms with van der Waals surface area (Å²) in [6.45, 7) is 9.54. The van der Waals surface area contributed by atoms with Crippen molar-refractivity contribution in [3.8, 4) is 6.07 Å². The van der Waals surface area contributed by atoms with E-state index in [1.165, 1.54) is 5.56 Å². The first-order valence-corrected chi connectivity index (χ1v) is 12.4. The number of benzene rings is 1. The van der Waals surface area contributed by atoms with Gasteiger partial charge >= 0.3 is 0 Å². The average molecular weight is 439 g/mol. The van der Waals surface area contributed by atoms with Crippen molar-refractivity contribution in [3.05, 3.63) is 51.2 Å². The van der Waals surface area contributed by atoms with E-state index in [4.69, 9.17) is 4.98 Å². The topological polar surface area (TPSA) is 77.3 Å². The van der Waals surface area contributed by atoms with Gasteiger partial charge in [0.1, 0.15) is 11.9 Å². The number of sulfonamides is 1. The van der Waals surface area contributed by atoms with Crippen molar-refractivity contribution in [2.75, 3.05) is 31.1 Å².